The minimum atomic E-state index is -0.0600. The number of hydrogen-bond acceptors (Lipinski definition) is 2. The van der Waals surface area contributed by atoms with Crippen LogP contribution < -0.4 is 15.7 Å². The molecule has 0 spiro atoms. The van der Waals surface area contributed by atoms with E-state index in [4.69, 9.17) is 0 Å². The summed E-state index contributed by atoms with van der Waals surface area (Å²) in [4.78, 5) is 2.67. The lowest BCUT2D eigenvalue weighted by Gasteiger charge is -2.42. The van der Waals surface area contributed by atoms with E-state index in [1.54, 1.807) is 0 Å². The number of nitrogens with zero attached hydrogens (tertiary/aromatic N) is 3. The van der Waals surface area contributed by atoms with E-state index in [1.807, 2.05) is 11.3 Å². The summed E-state index contributed by atoms with van der Waals surface area (Å²) in [6.07, 6.45) is 0. The number of thiophene rings is 1. The summed E-state index contributed by atoms with van der Waals surface area (Å²) in [5.74, 6) is 0. The van der Waals surface area contributed by atoms with E-state index in [2.05, 4.69) is 198 Å². The number of aryl methyl sites for hydroxylation is 2. The molecule has 0 radical (unpaired) electrons. The fourth-order valence-corrected chi connectivity index (χ4v) is 12.0. The van der Waals surface area contributed by atoms with Crippen molar-refractivity contribution in [3.8, 4) is 22.5 Å². The maximum atomic E-state index is 2.67. The minimum Gasteiger partial charge on any atom is -0.376 e. The van der Waals surface area contributed by atoms with Gasteiger partial charge in [-0.25, -0.2) is 0 Å². The molecule has 12 aromatic rings. The molecule has 14 rings (SSSR count). The van der Waals surface area contributed by atoms with Gasteiger partial charge in [-0.1, -0.05) is 126 Å². The lowest BCUT2D eigenvalue weighted by molar-refractivity contribution is 1.17. The monoisotopic (exact) mass is 767 g/mol. The third kappa shape index (κ3) is 4.08. The van der Waals surface area contributed by atoms with Gasteiger partial charge in [-0.15, -0.1) is 11.3 Å². The van der Waals surface area contributed by atoms with Crippen molar-refractivity contribution in [1.29, 1.82) is 0 Å². The predicted molar refractivity (Wildman–Crippen MR) is 254 cm³/mol. The molecule has 5 heteroatoms. The molecule has 0 N–H and O–H groups in total. The van der Waals surface area contributed by atoms with Gasteiger partial charge in [0.2, 0.25) is 0 Å². The fourth-order valence-electron chi connectivity index (χ4n) is 10.9. The molecule has 3 nitrogen and oxygen atoms in total. The molecule has 274 valence electrons. The highest BCUT2D eigenvalue weighted by Gasteiger charge is 2.45. The molecule has 0 bridgehead atoms. The molecule has 0 saturated heterocycles. The summed E-state index contributed by atoms with van der Waals surface area (Å²) in [5.41, 5.74) is 17.7. The van der Waals surface area contributed by atoms with Crippen LogP contribution in [0.3, 0.4) is 0 Å². The van der Waals surface area contributed by atoms with Gasteiger partial charge in [-0.2, -0.15) is 0 Å². The SMILES string of the molecule is Cc1ccc(N2B3c4cc(C)ccc4-n4c5c3c(cc(-n3c6ccccc6c6ccccc63)c5c3ccc5ccccc5c34)-c3cc4sc5ccccc5c4cc32)cc1. The minimum absolute atomic E-state index is 0.0600. The number of benzene rings is 9. The van der Waals surface area contributed by atoms with Crippen LogP contribution in [0.4, 0.5) is 11.4 Å². The molecular formula is C54H34BN3S. The Labute approximate surface area is 344 Å². The number of hydrogen-bond donors (Lipinski definition) is 0. The molecule has 5 heterocycles. The average Bonchev–Trinajstić information content (AvgIpc) is 3.94. The van der Waals surface area contributed by atoms with E-state index < -0.39 is 0 Å². The van der Waals surface area contributed by atoms with E-state index in [0.29, 0.717) is 0 Å². The molecule has 9 aromatic carbocycles. The molecule has 0 fully saturated rings. The number of fused-ring (bicyclic) bond motifs is 16. The second-order valence-corrected chi connectivity index (χ2v) is 17.7. The van der Waals surface area contributed by atoms with Crippen LogP contribution in [0.25, 0.3) is 97.1 Å². The van der Waals surface area contributed by atoms with Crippen molar-refractivity contribution < 1.29 is 0 Å². The first-order valence-electron chi connectivity index (χ1n) is 20.5. The van der Waals surface area contributed by atoms with Crippen LogP contribution in [0.2, 0.25) is 0 Å². The molecule has 59 heavy (non-hydrogen) atoms. The molecule has 3 aromatic heterocycles. The predicted octanol–water partition coefficient (Wildman–Crippen LogP) is 13.3. The summed E-state index contributed by atoms with van der Waals surface area (Å²) >= 11 is 1.90. The highest BCUT2D eigenvalue weighted by atomic mass is 32.1. The van der Waals surface area contributed by atoms with Gasteiger partial charge < -0.3 is 13.9 Å². The lowest BCUT2D eigenvalue weighted by atomic mass is 9.44. The Balaban J connectivity index is 1.26. The second kappa shape index (κ2) is 11.3. The molecule has 2 aliphatic heterocycles. The molecular weight excluding hydrogens is 733 g/mol. The van der Waals surface area contributed by atoms with Crippen molar-refractivity contribution in [1.82, 2.24) is 9.13 Å². The van der Waals surface area contributed by atoms with Crippen LogP contribution in [0.1, 0.15) is 11.1 Å². The van der Waals surface area contributed by atoms with Crippen molar-refractivity contribution in [3.63, 3.8) is 0 Å². The van der Waals surface area contributed by atoms with Crippen molar-refractivity contribution in [2.24, 2.45) is 0 Å². The molecule has 0 aliphatic carbocycles. The van der Waals surface area contributed by atoms with Gasteiger partial charge in [0, 0.05) is 69.7 Å². The Bertz CT molecular complexity index is 3770. The number of aromatic nitrogens is 2. The first-order chi connectivity index (χ1) is 29.1. The van der Waals surface area contributed by atoms with Gasteiger partial charge in [0.05, 0.1) is 27.8 Å². The van der Waals surface area contributed by atoms with Gasteiger partial charge in [-0.05, 0) is 90.3 Å². The topological polar surface area (TPSA) is 13.1 Å². The highest BCUT2D eigenvalue weighted by molar-refractivity contribution is 7.25. The fraction of sp³-hybridized carbons (Fsp3) is 0.0370. The smallest absolute Gasteiger partial charge is 0.333 e. The summed E-state index contributed by atoms with van der Waals surface area (Å²) in [7, 11) is 0. The Kier molecular flexibility index (Phi) is 6.13. The molecule has 0 saturated carbocycles. The lowest BCUT2D eigenvalue weighted by Crippen LogP contribution is -2.60. The van der Waals surface area contributed by atoms with Gasteiger partial charge in [0.25, 0.3) is 0 Å². The van der Waals surface area contributed by atoms with Gasteiger partial charge in [0.15, 0.2) is 0 Å². The van der Waals surface area contributed by atoms with Gasteiger partial charge >= 0.3 is 6.85 Å². The largest absolute Gasteiger partial charge is 0.376 e. The maximum absolute atomic E-state index is 2.67. The summed E-state index contributed by atoms with van der Waals surface area (Å²) < 4.78 is 7.84. The van der Waals surface area contributed by atoms with E-state index in [9.17, 15) is 0 Å². The Morgan fingerprint density at radius 1 is 0.441 bits per heavy atom. The third-order valence-corrected chi connectivity index (χ3v) is 14.5. The average molecular weight is 768 g/mol. The van der Waals surface area contributed by atoms with E-state index in [0.717, 1.165) is 0 Å². The van der Waals surface area contributed by atoms with Crippen LogP contribution in [0, 0.1) is 13.8 Å². The van der Waals surface area contributed by atoms with E-state index in [-0.39, 0.29) is 6.85 Å². The summed E-state index contributed by atoms with van der Waals surface area (Å²) in [6, 6.07) is 64.4. The van der Waals surface area contributed by atoms with Crippen LogP contribution in [0.15, 0.2) is 170 Å². The maximum Gasteiger partial charge on any atom is 0.333 e. The zero-order valence-electron chi connectivity index (χ0n) is 32.5. The van der Waals surface area contributed by atoms with Gasteiger partial charge in [0.1, 0.15) is 0 Å². The Morgan fingerprint density at radius 3 is 1.93 bits per heavy atom. The zero-order valence-corrected chi connectivity index (χ0v) is 33.3. The quantitative estimate of drug-likeness (QED) is 0.160. The number of rotatable bonds is 2. The van der Waals surface area contributed by atoms with E-state index in [1.165, 1.54) is 130 Å². The molecule has 0 amide bonds. The molecule has 0 unspecified atom stereocenters. The van der Waals surface area contributed by atoms with Crippen LogP contribution in [-0.4, -0.2) is 16.0 Å². The standard InChI is InChI=1S/C54H34BN3S/c1-31-19-23-34(24-20-31)58-47-28-41-38-15-7-10-18-49(38)59-50(41)30-40(47)42-29-48(56-44-16-8-5-13-36(44)37-14-6-9-17-45(37)56)51-39-25-22-33-11-3-4-12-35(33)53(39)57-46-26-21-32(2)27-43(46)55(58)52(42)54(51)57/h3-30H,1-2H3. The second-order valence-electron chi connectivity index (χ2n) is 16.6. The van der Waals surface area contributed by atoms with Crippen LogP contribution >= 0.6 is 11.3 Å². The Morgan fingerprint density at radius 2 is 1.14 bits per heavy atom. The first kappa shape index (κ1) is 31.9. The normalized spacial score (nSPS) is 13.2. The van der Waals surface area contributed by atoms with Crippen molar-refractivity contribution in [2.45, 2.75) is 13.8 Å². The van der Waals surface area contributed by atoms with Crippen LogP contribution in [-0.2, 0) is 0 Å². The van der Waals surface area contributed by atoms with Crippen LogP contribution in [0.5, 0.6) is 0 Å². The number of anilines is 2. The van der Waals surface area contributed by atoms with Gasteiger partial charge in [-0.3, -0.25) is 0 Å². The molecule has 2 aliphatic rings. The van der Waals surface area contributed by atoms with Crippen molar-refractivity contribution in [3.05, 3.63) is 181 Å². The molecule has 0 atom stereocenters. The van der Waals surface area contributed by atoms with Crippen molar-refractivity contribution in [2.75, 3.05) is 4.81 Å². The Hall–Kier alpha value is -7.08. The zero-order chi connectivity index (χ0) is 38.7. The third-order valence-electron chi connectivity index (χ3n) is 13.4. The highest BCUT2D eigenvalue weighted by Crippen LogP contribution is 2.51. The number of para-hydroxylation sites is 2. The van der Waals surface area contributed by atoms with Crippen molar-refractivity contribution >= 4 is 115 Å². The van der Waals surface area contributed by atoms with E-state index >= 15 is 0 Å². The first-order valence-corrected chi connectivity index (χ1v) is 21.4. The summed E-state index contributed by atoms with van der Waals surface area (Å²) in [6.45, 7) is 4.37. The summed E-state index contributed by atoms with van der Waals surface area (Å²) in [5, 5.41) is 10.3.